The van der Waals surface area contributed by atoms with Gasteiger partial charge in [0, 0.05) is 5.92 Å². The molecule has 1 aromatic carbocycles. The molecular formula is C18H20N2O3S. The topological polar surface area (TPSA) is 79.2 Å². The van der Waals surface area contributed by atoms with Gasteiger partial charge in [0.2, 0.25) is 5.91 Å². The molecule has 0 bridgehead atoms. The largest absolute Gasteiger partial charge is 0.468 e. The summed E-state index contributed by atoms with van der Waals surface area (Å²) in [5.41, 5.74) is 2.14. The third-order valence-electron chi connectivity index (χ3n) is 3.96. The predicted molar refractivity (Wildman–Crippen MR) is 93.0 cm³/mol. The smallest absolute Gasteiger partial charge is 0.319 e. The van der Waals surface area contributed by atoms with Crippen molar-refractivity contribution in [3.05, 3.63) is 46.0 Å². The van der Waals surface area contributed by atoms with Gasteiger partial charge >= 0.3 is 5.97 Å². The maximum absolute atomic E-state index is 12.6. The molecule has 126 valence electrons. The van der Waals surface area contributed by atoms with Gasteiger partial charge in [-0.3, -0.25) is 9.59 Å². The fourth-order valence-corrected chi connectivity index (χ4v) is 3.70. The molecule has 0 aromatic heterocycles. The van der Waals surface area contributed by atoms with E-state index in [4.69, 9.17) is 4.74 Å². The molecule has 0 fully saturated rings. The number of nitriles is 1. The van der Waals surface area contributed by atoms with Crippen molar-refractivity contribution in [2.45, 2.75) is 26.2 Å². The van der Waals surface area contributed by atoms with Crippen LogP contribution in [0.2, 0.25) is 0 Å². The van der Waals surface area contributed by atoms with Crippen molar-refractivity contribution < 1.29 is 14.3 Å². The van der Waals surface area contributed by atoms with Gasteiger partial charge in [-0.25, -0.2) is 0 Å². The molecule has 2 rings (SSSR count). The Kier molecular flexibility index (Phi) is 6.04. The Bertz CT molecular complexity index is 721. The summed E-state index contributed by atoms with van der Waals surface area (Å²) in [5, 5.41) is 13.0. The van der Waals surface area contributed by atoms with E-state index in [1.54, 1.807) is 0 Å². The van der Waals surface area contributed by atoms with Gasteiger partial charge in [0.05, 0.1) is 23.8 Å². The summed E-state index contributed by atoms with van der Waals surface area (Å²) in [6, 6.07) is 9.70. The minimum absolute atomic E-state index is 0.415. The second-order valence-corrected chi connectivity index (χ2v) is 6.63. The fourth-order valence-electron chi connectivity index (χ4n) is 2.80. The first-order valence-electron chi connectivity index (χ1n) is 7.76. The Balaban J connectivity index is 2.63. The van der Waals surface area contributed by atoms with Crippen LogP contribution >= 0.6 is 11.8 Å². The Morgan fingerprint density at radius 3 is 2.71 bits per heavy atom. The number of amides is 1. The zero-order chi connectivity index (χ0) is 17.7. The third kappa shape index (κ3) is 3.46. The Labute approximate surface area is 146 Å². The van der Waals surface area contributed by atoms with Crippen LogP contribution in [0.4, 0.5) is 0 Å². The molecule has 0 radical (unpaired) electrons. The van der Waals surface area contributed by atoms with Crippen molar-refractivity contribution >= 4 is 23.6 Å². The van der Waals surface area contributed by atoms with Crippen molar-refractivity contribution in [3.8, 4) is 6.07 Å². The molecule has 1 aliphatic heterocycles. The first-order chi connectivity index (χ1) is 11.5. The maximum Gasteiger partial charge on any atom is 0.319 e. The summed E-state index contributed by atoms with van der Waals surface area (Å²) in [5.74, 6) is -1.96. The molecule has 0 unspecified atom stereocenters. The number of thioether (sulfide) groups is 1. The zero-order valence-electron chi connectivity index (χ0n) is 14.0. The number of aryl methyl sites for hydroxylation is 1. The molecule has 24 heavy (non-hydrogen) atoms. The third-order valence-corrected chi connectivity index (χ3v) is 5.18. The van der Waals surface area contributed by atoms with E-state index in [-0.39, 0.29) is 0 Å². The minimum atomic E-state index is -1.06. The number of carbonyl (C=O) groups is 2. The Hall–Kier alpha value is -2.26. The van der Waals surface area contributed by atoms with E-state index < -0.39 is 23.7 Å². The normalized spacial score (nSPS) is 20.3. The van der Waals surface area contributed by atoms with Crippen LogP contribution in [0.5, 0.6) is 0 Å². The number of methoxy groups -OCH3 is 1. The highest BCUT2D eigenvalue weighted by atomic mass is 32.2. The monoisotopic (exact) mass is 344 g/mol. The molecule has 1 heterocycles. The summed E-state index contributed by atoms with van der Waals surface area (Å²) in [4.78, 5) is 24.8. The molecular weight excluding hydrogens is 324 g/mol. The van der Waals surface area contributed by atoms with Gasteiger partial charge in [0.1, 0.15) is 5.92 Å². The number of rotatable bonds is 5. The quantitative estimate of drug-likeness (QED) is 0.656. The lowest BCUT2D eigenvalue weighted by atomic mass is 9.77. The summed E-state index contributed by atoms with van der Waals surface area (Å²) in [6.45, 7) is 3.93. The highest BCUT2D eigenvalue weighted by molar-refractivity contribution is 8.03. The van der Waals surface area contributed by atoms with Crippen LogP contribution in [0.3, 0.4) is 0 Å². The van der Waals surface area contributed by atoms with E-state index in [0.29, 0.717) is 10.6 Å². The number of hydrogen-bond acceptors (Lipinski definition) is 5. The van der Waals surface area contributed by atoms with Crippen LogP contribution in [-0.2, 0) is 14.3 Å². The van der Waals surface area contributed by atoms with Crippen molar-refractivity contribution in [2.75, 3.05) is 12.9 Å². The Morgan fingerprint density at radius 1 is 1.42 bits per heavy atom. The predicted octanol–water partition coefficient (Wildman–Crippen LogP) is 2.88. The number of benzene rings is 1. The van der Waals surface area contributed by atoms with E-state index >= 15 is 0 Å². The maximum atomic E-state index is 12.6. The van der Waals surface area contributed by atoms with E-state index in [9.17, 15) is 14.9 Å². The first kappa shape index (κ1) is 18.1. The van der Waals surface area contributed by atoms with Gasteiger partial charge in [-0.2, -0.15) is 5.26 Å². The highest BCUT2D eigenvalue weighted by Crippen LogP contribution is 2.41. The van der Waals surface area contributed by atoms with Crippen molar-refractivity contribution in [2.24, 2.45) is 5.92 Å². The molecule has 5 nitrogen and oxygen atoms in total. The standard InChI is InChI=1S/C18H20N2O3S/c1-4-9-24-17-13(10-19)14(12-8-6-5-7-11(12)2)15(16(21)20-17)18(22)23-3/h5-8,14-15H,4,9H2,1-3H3,(H,20,21)/t14-,15+/m1/s1. The summed E-state index contributed by atoms with van der Waals surface area (Å²) in [7, 11) is 1.25. The molecule has 6 heteroatoms. The van der Waals surface area contributed by atoms with E-state index in [2.05, 4.69) is 11.4 Å². The second kappa shape index (κ2) is 8.02. The molecule has 0 saturated heterocycles. The number of allylic oxidation sites excluding steroid dienone is 1. The van der Waals surface area contributed by atoms with Crippen molar-refractivity contribution in [1.82, 2.24) is 5.32 Å². The van der Waals surface area contributed by atoms with E-state index in [1.807, 2.05) is 38.1 Å². The van der Waals surface area contributed by atoms with Crippen LogP contribution in [0.15, 0.2) is 34.9 Å². The number of hydrogen-bond donors (Lipinski definition) is 1. The number of nitrogens with zero attached hydrogens (tertiary/aromatic N) is 1. The lowest BCUT2D eigenvalue weighted by molar-refractivity contribution is -0.150. The van der Waals surface area contributed by atoms with E-state index in [1.165, 1.54) is 18.9 Å². The number of nitrogens with one attached hydrogen (secondary N) is 1. The average molecular weight is 344 g/mol. The molecule has 2 atom stereocenters. The molecule has 1 aromatic rings. The summed E-state index contributed by atoms with van der Waals surface area (Å²) >= 11 is 1.43. The number of ether oxygens (including phenoxy) is 1. The van der Waals surface area contributed by atoms with Gasteiger partial charge in [-0.05, 0) is 30.2 Å². The summed E-state index contributed by atoms with van der Waals surface area (Å²) < 4.78 is 4.82. The zero-order valence-corrected chi connectivity index (χ0v) is 14.8. The van der Waals surface area contributed by atoms with Gasteiger partial charge in [0.15, 0.2) is 0 Å². The van der Waals surface area contributed by atoms with Gasteiger partial charge in [0.25, 0.3) is 0 Å². The molecule has 0 aliphatic carbocycles. The first-order valence-corrected chi connectivity index (χ1v) is 8.75. The fraction of sp³-hybridized carbons (Fsp3) is 0.389. The lowest BCUT2D eigenvalue weighted by Crippen LogP contribution is -2.44. The number of esters is 1. The minimum Gasteiger partial charge on any atom is -0.468 e. The van der Waals surface area contributed by atoms with Gasteiger partial charge in [-0.1, -0.05) is 31.2 Å². The average Bonchev–Trinajstić information content (AvgIpc) is 2.59. The molecule has 0 saturated carbocycles. The van der Waals surface area contributed by atoms with Crippen LogP contribution in [-0.4, -0.2) is 24.7 Å². The van der Waals surface area contributed by atoms with Crippen molar-refractivity contribution in [3.63, 3.8) is 0 Å². The van der Waals surface area contributed by atoms with Gasteiger partial charge < -0.3 is 10.1 Å². The Morgan fingerprint density at radius 2 is 2.12 bits per heavy atom. The molecule has 0 spiro atoms. The van der Waals surface area contributed by atoms with Crippen LogP contribution in [0.1, 0.15) is 30.4 Å². The van der Waals surface area contributed by atoms with Crippen LogP contribution in [0.25, 0.3) is 0 Å². The summed E-state index contributed by atoms with van der Waals surface area (Å²) in [6.07, 6.45) is 0.915. The SMILES string of the molecule is CCCSC1=C(C#N)[C@@H](c2ccccc2C)[C@H](C(=O)OC)C(=O)N1. The molecule has 1 N–H and O–H groups in total. The van der Waals surface area contributed by atoms with Crippen LogP contribution in [0, 0.1) is 24.2 Å². The molecule has 1 aliphatic rings. The van der Waals surface area contributed by atoms with E-state index in [0.717, 1.165) is 23.3 Å². The van der Waals surface area contributed by atoms with Crippen LogP contribution < -0.4 is 5.32 Å². The lowest BCUT2D eigenvalue weighted by Gasteiger charge is -2.31. The highest BCUT2D eigenvalue weighted by Gasteiger charge is 2.44. The molecule has 1 amide bonds. The van der Waals surface area contributed by atoms with Crippen molar-refractivity contribution in [1.29, 1.82) is 5.26 Å². The van der Waals surface area contributed by atoms with Gasteiger partial charge in [-0.15, -0.1) is 11.8 Å². The number of carbonyl (C=O) groups excluding carboxylic acids is 2. The second-order valence-electron chi connectivity index (χ2n) is 5.53.